The summed E-state index contributed by atoms with van der Waals surface area (Å²) in [6, 6.07) is 20.9. The average molecular weight is 497 g/mol. The third-order valence-electron chi connectivity index (χ3n) is 5.00. The Kier molecular flexibility index (Phi) is 8.40. The van der Waals surface area contributed by atoms with Crippen molar-refractivity contribution < 1.29 is 37.3 Å². The summed E-state index contributed by atoms with van der Waals surface area (Å²) in [5, 5.41) is 9.25. The summed E-state index contributed by atoms with van der Waals surface area (Å²) < 4.78 is 39.2. The number of rotatable bonds is 8. The second-order valence-electron chi connectivity index (χ2n) is 7.45. The van der Waals surface area contributed by atoms with Crippen molar-refractivity contribution in [1.82, 2.24) is 0 Å². The van der Waals surface area contributed by atoms with E-state index in [-0.39, 0.29) is 29.4 Å². The zero-order chi connectivity index (χ0) is 25.4. The van der Waals surface area contributed by atoms with Crippen LogP contribution in [0, 0.1) is 0 Å². The van der Waals surface area contributed by atoms with Gasteiger partial charge in [-0.3, -0.25) is 0 Å². The van der Waals surface area contributed by atoms with Gasteiger partial charge in [0.25, 0.3) is 0 Å². The number of carbonyl (C=O) groups excluding carboxylic acids is 2. The van der Waals surface area contributed by atoms with Crippen molar-refractivity contribution in [1.29, 1.82) is 0 Å². The van der Waals surface area contributed by atoms with Crippen molar-refractivity contribution in [3.05, 3.63) is 95.6 Å². The van der Waals surface area contributed by atoms with E-state index in [1.807, 2.05) is 0 Å². The van der Waals surface area contributed by atoms with Gasteiger partial charge in [0.05, 0.1) is 24.2 Å². The van der Waals surface area contributed by atoms with Crippen molar-refractivity contribution in [3.63, 3.8) is 0 Å². The number of methoxy groups -OCH3 is 1. The summed E-state index contributed by atoms with van der Waals surface area (Å²) in [4.78, 5) is 25.3. The molecule has 1 N–H and O–H groups in total. The molecule has 8 nitrogen and oxygen atoms in total. The molecule has 0 spiro atoms. The molecule has 9 heteroatoms. The fraction of sp³-hybridized carbons (Fsp3) is 0.154. The van der Waals surface area contributed by atoms with Gasteiger partial charge in [0.1, 0.15) is 12.4 Å². The van der Waals surface area contributed by atoms with Crippen LogP contribution in [0.15, 0.2) is 83.8 Å². The first-order chi connectivity index (χ1) is 16.7. The third-order valence-corrected chi connectivity index (χ3v) is 6.13. The number of carbonyl (C=O) groups is 2. The van der Waals surface area contributed by atoms with E-state index in [9.17, 15) is 23.1 Å². The summed E-state index contributed by atoms with van der Waals surface area (Å²) in [5.74, 6) is -0.480. The van der Waals surface area contributed by atoms with E-state index in [0.717, 1.165) is 6.26 Å². The number of benzene rings is 3. The van der Waals surface area contributed by atoms with E-state index in [1.165, 1.54) is 43.5 Å². The number of aliphatic hydroxyl groups excluding tert-OH is 1. The van der Waals surface area contributed by atoms with Gasteiger partial charge in [-0.2, -0.15) is 0 Å². The van der Waals surface area contributed by atoms with E-state index < -0.39 is 22.0 Å². The highest BCUT2D eigenvalue weighted by Crippen LogP contribution is 2.29. The summed E-state index contributed by atoms with van der Waals surface area (Å²) in [5.41, 5.74) is 1.98. The molecule has 0 saturated carbocycles. The van der Waals surface area contributed by atoms with Crippen molar-refractivity contribution in [2.45, 2.75) is 11.5 Å². The van der Waals surface area contributed by atoms with Crippen LogP contribution in [0.3, 0.4) is 0 Å². The standard InChI is InChI=1S/C26H24O8S/c1-32-25(28)24(20-8-4-3-5-9-20)23(19-11-13-22(14-12-19)35(2,30)31)17-33-26(29)34-21-10-6-7-18(15-21)16-27/h3-15,27H,16-17H2,1-2H3/b24-23+. The minimum atomic E-state index is -3.44. The Morgan fingerprint density at radius 3 is 2.17 bits per heavy atom. The number of aliphatic hydroxyl groups is 1. The van der Waals surface area contributed by atoms with Crippen LogP contribution in [0.5, 0.6) is 5.75 Å². The fourth-order valence-electron chi connectivity index (χ4n) is 3.29. The second-order valence-corrected chi connectivity index (χ2v) is 9.47. The molecule has 182 valence electrons. The molecular formula is C26H24O8S. The van der Waals surface area contributed by atoms with Gasteiger partial charge in [-0.05, 0) is 41.0 Å². The topological polar surface area (TPSA) is 116 Å². The maximum absolute atomic E-state index is 12.8. The van der Waals surface area contributed by atoms with Crippen molar-refractivity contribution >= 4 is 33.1 Å². The largest absolute Gasteiger partial charge is 0.514 e. The summed E-state index contributed by atoms with van der Waals surface area (Å²) in [7, 11) is -2.20. The predicted molar refractivity (Wildman–Crippen MR) is 129 cm³/mol. The van der Waals surface area contributed by atoms with Crippen molar-refractivity contribution in [2.24, 2.45) is 0 Å². The minimum Gasteiger partial charge on any atom is -0.465 e. The lowest BCUT2D eigenvalue weighted by molar-refractivity contribution is -0.133. The van der Waals surface area contributed by atoms with Crippen molar-refractivity contribution in [3.8, 4) is 5.75 Å². The van der Waals surface area contributed by atoms with E-state index in [0.29, 0.717) is 22.3 Å². The molecule has 0 heterocycles. The molecule has 0 amide bonds. The lowest BCUT2D eigenvalue weighted by Gasteiger charge is -2.16. The Balaban J connectivity index is 1.99. The van der Waals surface area contributed by atoms with Crippen LogP contribution in [0.4, 0.5) is 4.79 Å². The van der Waals surface area contributed by atoms with E-state index in [4.69, 9.17) is 14.2 Å². The maximum atomic E-state index is 12.8. The molecule has 3 rings (SSSR count). The van der Waals surface area contributed by atoms with E-state index >= 15 is 0 Å². The highest BCUT2D eigenvalue weighted by molar-refractivity contribution is 7.90. The predicted octanol–water partition coefficient (Wildman–Crippen LogP) is 3.88. The number of sulfone groups is 1. The summed E-state index contributed by atoms with van der Waals surface area (Å²) in [6.45, 7) is -0.585. The first kappa shape index (κ1) is 25.7. The molecule has 0 unspecified atom stereocenters. The molecule has 0 fully saturated rings. The van der Waals surface area contributed by atoms with Gasteiger partial charge >= 0.3 is 12.1 Å². The van der Waals surface area contributed by atoms with Crippen LogP contribution in [-0.2, 0) is 30.7 Å². The molecule has 0 radical (unpaired) electrons. The Morgan fingerprint density at radius 1 is 0.886 bits per heavy atom. The normalized spacial score (nSPS) is 11.9. The van der Waals surface area contributed by atoms with Crippen LogP contribution >= 0.6 is 0 Å². The second kappa shape index (κ2) is 11.5. The Labute approximate surface area is 203 Å². The SMILES string of the molecule is COC(=O)/C(=C(\COC(=O)Oc1cccc(CO)c1)c1ccc(S(C)(=O)=O)cc1)c1ccccc1. The molecule has 0 aromatic heterocycles. The molecule has 0 bridgehead atoms. The summed E-state index contributed by atoms with van der Waals surface area (Å²) in [6.07, 6.45) is 0.0654. The molecule has 0 aliphatic rings. The van der Waals surface area contributed by atoms with Gasteiger partial charge in [-0.25, -0.2) is 18.0 Å². The lowest BCUT2D eigenvalue weighted by atomic mass is 9.95. The van der Waals surface area contributed by atoms with Gasteiger partial charge in [-0.1, -0.05) is 54.6 Å². The van der Waals surface area contributed by atoms with Gasteiger partial charge in [-0.15, -0.1) is 0 Å². The van der Waals surface area contributed by atoms with Crippen LogP contribution < -0.4 is 4.74 Å². The first-order valence-electron chi connectivity index (χ1n) is 10.4. The summed E-state index contributed by atoms with van der Waals surface area (Å²) >= 11 is 0. The molecule has 3 aromatic rings. The minimum absolute atomic E-state index is 0.101. The lowest BCUT2D eigenvalue weighted by Crippen LogP contribution is -2.15. The number of hydrogen-bond donors (Lipinski definition) is 1. The fourth-order valence-corrected chi connectivity index (χ4v) is 3.92. The van der Waals surface area contributed by atoms with E-state index in [1.54, 1.807) is 42.5 Å². The third kappa shape index (κ3) is 6.78. The number of esters is 1. The molecule has 3 aromatic carbocycles. The van der Waals surface area contributed by atoms with Crippen LogP contribution in [0.2, 0.25) is 0 Å². The molecule has 35 heavy (non-hydrogen) atoms. The molecular weight excluding hydrogens is 472 g/mol. The van der Waals surface area contributed by atoms with Crippen LogP contribution in [0.25, 0.3) is 11.1 Å². The van der Waals surface area contributed by atoms with E-state index in [2.05, 4.69) is 0 Å². The zero-order valence-corrected chi connectivity index (χ0v) is 19.9. The van der Waals surface area contributed by atoms with Crippen LogP contribution in [0.1, 0.15) is 16.7 Å². The van der Waals surface area contributed by atoms with Gasteiger partial charge in [0.15, 0.2) is 9.84 Å². The maximum Gasteiger partial charge on any atom is 0.514 e. The van der Waals surface area contributed by atoms with Crippen LogP contribution in [-0.4, -0.2) is 45.6 Å². The number of ether oxygens (including phenoxy) is 3. The molecule has 0 atom stereocenters. The Morgan fingerprint density at radius 2 is 1.57 bits per heavy atom. The number of hydrogen-bond acceptors (Lipinski definition) is 8. The van der Waals surface area contributed by atoms with Gasteiger partial charge < -0.3 is 19.3 Å². The Bertz CT molecular complexity index is 1330. The average Bonchev–Trinajstić information content (AvgIpc) is 2.86. The zero-order valence-electron chi connectivity index (χ0n) is 19.1. The van der Waals surface area contributed by atoms with Gasteiger partial charge in [0, 0.05) is 11.8 Å². The van der Waals surface area contributed by atoms with Crippen molar-refractivity contribution in [2.75, 3.05) is 20.0 Å². The molecule has 0 saturated heterocycles. The molecule has 0 aliphatic carbocycles. The quantitative estimate of drug-likeness (QED) is 0.216. The Hall–Kier alpha value is -3.95. The highest BCUT2D eigenvalue weighted by Gasteiger charge is 2.22. The first-order valence-corrected chi connectivity index (χ1v) is 12.3. The smallest absolute Gasteiger partial charge is 0.465 e. The monoisotopic (exact) mass is 496 g/mol. The highest BCUT2D eigenvalue weighted by atomic mass is 32.2. The molecule has 0 aliphatic heterocycles. The van der Waals surface area contributed by atoms with Gasteiger partial charge in [0.2, 0.25) is 0 Å².